The summed E-state index contributed by atoms with van der Waals surface area (Å²) >= 11 is 3.38. The van der Waals surface area contributed by atoms with Crippen LogP contribution in [0.3, 0.4) is 0 Å². The first-order chi connectivity index (χ1) is 14.6. The average Bonchev–Trinajstić information content (AvgIpc) is 3.46. The Kier molecular flexibility index (Phi) is 4.88. The molecule has 4 heterocycles. The van der Waals surface area contributed by atoms with Crippen molar-refractivity contribution in [2.45, 2.75) is 25.4 Å². The number of H-pyrrole nitrogens is 1. The van der Waals surface area contributed by atoms with Gasteiger partial charge in [-0.15, -0.1) is 22.7 Å². The lowest BCUT2D eigenvalue weighted by Crippen LogP contribution is -2.40. The Bertz CT molecular complexity index is 1330. The normalized spacial score (nSPS) is 16.0. The Hall–Kier alpha value is -2.97. The van der Waals surface area contributed by atoms with Gasteiger partial charge in [-0.25, -0.2) is 4.68 Å². The van der Waals surface area contributed by atoms with Gasteiger partial charge in [0.05, 0.1) is 23.4 Å². The number of benzene rings is 1. The number of carbonyl (C=O) groups is 1. The number of aryl methyl sites for hydroxylation is 1. The molecule has 8 heteroatoms. The molecule has 1 aliphatic heterocycles. The fraction of sp³-hybridized carbons (Fsp3) is 0.227. The fourth-order valence-electron chi connectivity index (χ4n) is 4.09. The Labute approximate surface area is 180 Å². The number of rotatable bonds is 4. The summed E-state index contributed by atoms with van der Waals surface area (Å²) in [5, 5.41) is 7.45. The predicted molar refractivity (Wildman–Crippen MR) is 119 cm³/mol. The minimum absolute atomic E-state index is 0.0221. The quantitative estimate of drug-likeness (QED) is 0.532. The van der Waals surface area contributed by atoms with Gasteiger partial charge in [0.2, 0.25) is 5.91 Å². The van der Waals surface area contributed by atoms with Crippen LogP contribution in [-0.4, -0.2) is 27.1 Å². The molecule has 30 heavy (non-hydrogen) atoms. The molecule has 0 radical (unpaired) electrons. The van der Waals surface area contributed by atoms with Crippen molar-refractivity contribution in [3.8, 4) is 0 Å². The second kappa shape index (κ2) is 7.70. The van der Waals surface area contributed by atoms with Crippen molar-refractivity contribution in [1.82, 2.24) is 14.7 Å². The first kappa shape index (κ1) is 19.0. The standard InChI is InChI=1S/C22H19N3O3S2/c26-19(8-11-25-22(28)15-5-2-1-4-14(15)21(27)23-25)24-10-7-17-16(9-13-30-17)20(24)18-6-3-12-29-18/h1-6,9,12-13,20H,7-8,10-11H2,(H,23,27). The maximum absolute atomic E-state index is 13.2. The van der Waals surface area contributed by atoms with Gasteiger partial charge in [0, 0.05) is 22.7 Å². The van der Waals surface area contributed by atoms with E-state index in [4.69, 9.17) is 0 Å². The van der Waals surface area contributed by atoms with Crippen LogP contribution in [0.15, 0.2) is 62.8 Å². The van der Waals surface area contributed by atoms with E-state index in [0.29, 0.717) is 17.3 Å². The third-order valence-corrected chi connectivity index (χ3v) is 7.45. The van der Waals surface area contributed by atoms with Gasteiger partial charge in [-0.2, -0.15) is 0 Å². The summed E-state index contributed by atoms with van der Waals surface area (Å²) in [6.45, 7) is 0.792. The van der Waals surface area contributed by atoms with Gasteiger partial charge >= 0.3 is 0 Å². The fourth-order valence-corrected chi connectivity index (χ4v) is 5.85. The summed E-state index contributed by atoms with van der Waals surface area (Å²) in [6.07, 6.45) is 0.989. The number of aromatic amines is 1. The summed E-state index contributed by atoms with van der Waals surface area (Å²) in [5.74, 6) is -0.0221. The van der Waals surface area contributed by atoms with E-state index in [-0.39, 0.29) is 36.0 Å². The highest BCUT2D eigenvalue weighted by molar-refractivity contribution is 7.10. The van der Waals surface area contributed by atoms with Gasteiger partial charge in [-0.05, 0) is 47.0 Å². The summed E-state index contributed by atoms with van der Waals surface area (Å²) in [6, 6.07) is 12.8. The van der Waals surface area contributed by atoms with Crippen molar-refractivity contribution in [3.05, 3.63) is 89.3 Å². The monoisotopic (exact) mass is 437 g/mol. The van der Waals surface area contributed by atoms with Crippen LogP contribution in [0.25, 0.3) is 10.8 Å². The van der Waals surface area contributed by atoms with Crippen LogP contribution < -0.4 is 11.1 Å². The highest BCUT2D eigenvalue weighted by atomic mass is 32.1. The van der Waals surface area contributed by atoms with E-state index in [1.54, 1.807) is 46.9 Å². The number of thiophene rings is 2. The zero-order chi connectivity index (χ0) is 20.7. The van der Waals surface area contributed by atoms with E-state index in [1.807, 2.05) is 16.3 Å². The Balaban J connectivity index is 1.42. The largest absolute Gasteiger partial charge is 0.330 e. The molecule has 0 saturated heterocycles. The molecule has 6 nitrogen and oxygen atoms in total. The van der Waals surface area contributed by atoms with Crippen molar-refractivity contribution in [1.29, 1.82) is 0 Å². The molecule has 4 aromatic rings. The van der Waals surface area contributed by atoms with Crippen LogP contribution in [-0.2, 0) is 17.8 Å². The molecule has 0 spiro atoms. The molecular weight excluding hydrogens is 418 g/mol. The van der Waals surface area contributed by atoms with Crippen molar-refractivity contribution in [2.24, 2.45) is 0 Å². The highest BCUT2D eigenvalue weighted by Gasteiger charge is 2.33. The molecule has 3 aromatic heterocycles. The van der Waals surface area contributed by atoms with Gasteiger partial charge in [0.1, 0.15) is 0 Å². The zero-order valence-corrected chi connectivity index (χ0v) is 17.7. The van der Waals surface area contributed by atoms with E-state index in [0.717, 1.165) is 11.3 Å². The number of hydrogen-bond donors (Lipinski definition) is 1. The van der Waals surface area contributed by atoms with Crippen LogP contribution in [0.4, 0.5) is 0 Å². The lowest BCUT2D eigenvalue weighted by atomic mass is 9.98. The molecule has 1 unspecified atom stereocenters. The van der Waals surface area contributed by atoms with Crippen LogP contribution in [0.2, 0.25) is 0 Å². The van der Waals surface area contributed by atoms with Gasteiger partial charge in [-0.3, -0.25) is 19.5 Å². The second-order valence-corrected chi connectivity index (χ2v) is 9.23. The summed E-state index contributed by atoms with van der Waals surface area (Å²) in [5.41, 5.74) is 0.583. The first-order valence-corrected chi connectivity index (χ1v) is 11.5. The smallest absolute Gasteiger partial charge is 0.273 e. The van der Waals surface area contributed by atoms with Crippen molar-refractivity contribution in [3.63, 3.8) is 0 Å². The van der Waals surface area contributed by atoms with E-state index in [9.17, 15) is 14.4 Å². The third kappa shape index (κ3) is 3.22. The summed E-state index contributed by atoms with van der Waals surface area (Å²) in [4.78, 5) is 42.6. The molecule has 1 aromatic carbocycles. The second-order valence-electron chi connectivity index (χ2n) is 7.25. The van der Waals surface area contributed by atoms with Gasteiger partial charge in [0.15, 0.2) is 0 Å². The number of hydrogen-bond acceptors (Lipinski definition) is 5. The van der Waals surface area contributed by atoms with Crippen molar-refractivity contribution in [2.75, 3.05) is 6.54 Å². The molecule has 0 bridgehead atoms. The first-order valence-electron chi connectivity index (χ1n) is 9.74. The third-order valence-electron chi connectivity index (χ3n) is 5.53. The molecule has 1 aliphatic rings. The van der Waals surface area contributed by atoms with E-state index in [2.05, 4.69) is 22.6 Å². The van der Waals surface area contributed by atoms with Gasteiger partial charge < -0.3 is 4.90 Å². The minimum atomic E-state index is -0.324. The van der Waals surface area contributed by atoms with E-state index < -0.39 is 0 Å². The van der Waals surface area contributed by atoms with Gasteiger partial charge in [0.25, 0.3) is 11.1 Å². The molecule has 0 saturated carbocycles. The highest BCUT2D eigenvalue weighted by Crippen LogP contribution is 2.39. The SMILES string of the molecule is O=C(CCn1[nH]c(=O)c2ccccc2c1=O)N1CCc2sccc2C1c1cccs1. The number of nitrogens with one attached hydrogen (secondary N) is 1. The lowest BCUT2D eigenvalue weighted by Gasteiger charge is -2.35. The topological polar surface area (TPSA) is 75.2 Å². The zero-order valence-electron chi connectivity index (χ0n) is 16.0. The molecule has 152 valence electrons. The van der Waals surface area contributed by atoms with Crippen molar-refractivity contribution < 1.29 is 4.79 Å². The minimum Gasteiger partial charge on any atom is -0.330 e. The number of amides is 1. The number of fused-ring (bicyclic) bond motifs is 2. The Morgan fingerprint density at radius 3 is 2.67 bits per heavy atom. The van der Waals surface area contributed by atoms with E-state index in [1.165, 1.54) is 15.1 Å². The molecule has 5 rings (SSSR count). The number of carbonyl (C=O) groups excluding carboxylic acids is 1. The molecule has 0 aliphatic carbocycles. The Morgan fingerprint density at radius 2 is 1.87 bits per heavy atom. The number of aromatic nitrogens is 2. The van der Waals surface area contributed by atoms with Gasteiger partial charge in [-0.1, -0.05) is 18.2 Å². The molecule has 0 fully saturated rings. The van der Waals surface area contributed by atoms with Crippen molar-refractivity contribution >= 4 is 39.4 Å². The van der Waals surface area contributed by atoms with Crippen LogP contribution in [0.5, 0.6) is 0 Å². The molecule has 1 atom stereocenters. The maximum Gasteiger partial charge on any atom is 0.273 e. The average molecular weight is 438 g/mol. The van der Waals surface area contributed by atoms with Crippen LogP contribution >= 0.6 is 22.7 Å². The maximum atomic E-state index is 13.2. The van der Waals surface area contributed by atoms with Crippen LogP contribution in [0, 0.1) is 0 Å². The molecule has 1 amide bonds. The predicted octanol–water partition coefficient (Wildman–Crippen LogP) is 3.38. The lowest BCUT2D eigenvalue weighted by molar-refractivity contribution is -0.133. The Morgan fingerprint density at radius 1 is 1.03 bits per heavy atom. The number of nitrogens with zero attached hydrogens (tertiary/aromatic N) is 2. The van der Waals surface area contributed by atoms with E-state index >= 15 is 0 Å². The summed E-state index contributed by atoms with van der Waals surface area (Å²) < 4.78 is 1.25. The summed E-state index contributed by atoms with van der Waals surface area (Å²) in [7, 11) is 0. The molecular formula is C22H19N3O3S2. The van der Waals surface area contributed by atoms with Crippen LogP contribution in [0.1, 0.15) is 27.8 Å². The molecule has 1 N–H and O–H groups in total.